The highest BCUT2D eigenvalue weighted by Crippen LogP contribution is 2.27. The Kier molecular flexibility index (Phi) is 4.17. The number of hydrogen-bond donors (Lipinski definition) is 1. The normalized spacial score (nSPS) is 15.9. The number of thiocarbonyl (C=S) groups is 1. The van der Waals surface area contributed by atoms with Crippen molar-refractivity contribution < 1.29 is 4.74 Å². The topological polar surface area (TPSA) is 48.1 Å². The van der Waals surface area contributed by atoms with Gasteiger partial charge in [0, 0.05) is 5.69 Å². The predicted molar refractivity (Wildman–Crippen MR) is 77.1 cm³/mol. The number of rotatable bonds is 4. The lowest BCUT2D eigenvalue weighted by Crippen LogP contribution is -2.17. The summed E-state index contributed by atoms with van der Waals surface area (Å²) >= 11 is 5.09. The van der Waals surface area contributed by atoms with Crippen molar-refractivity contribution in [2.75, 3.05) is 6.61 Å². The van der Waals surface area contributed by atoms with Crippen LogP contribution >= 0.6 is 12.2 Å². The van der Waals surface area contributed by atoms with Crippen molar-refractivity contribution in [3.8, 4) is 5.88 Å². The molecule has 0 radical (unpaired) electrons. The summed E-state index contributed by atoms with van der Waals surface area (Å²) in [7, 11) is 0. The molecule has 0 aromatic carbocycles. The summed E-state index contributed by atoms with van der Waals surface area (Å²) in [5.41, 5.74) is 8.52. The van der Waals surface area contributed by atoms with E-state index >= 15 is 0 Å². The summed E-state index contributed by atoms with van der Waals surface area (Å²) < 4.78 is 5.87. The minimum absolute atomic E-state index is 0.362. The molecule has 1 heterocycles. The molecule has 0 aliphatic heterocycles. The number of nitrogens with two attached hydrogens (primary N) is 1. The van der Waals surface area contributed by atoms with Crippen molar-refractivity contribution in [2.45, 2.75) is 39.5 Å². The predicted octanol–water partition coefficient (Wildman–Crippen LogP) is 2.90. The van der Waals surface area contributed by atoms with Gasteiger partial charge in [0.2, 0.25) is 5.88 Å². The van der Waals surface area contributed by atoms with Gasteiger partial charge in [0.25, 0.3) is 0 Å². The lowest BCUT2D eigenvalue weighted by atomic mass is 10.1. The Morgan fingerprint density at radius 1 is 1.44 bits per heavy atom. The molecular weight excluding hydrogens is 244 g/mol. The maximum absolute atomic E-state index is 5.87. The van der Waals surface area contributed by atoms with Crippen LogP contribution in [0.15, 0.2) is 6.07 Å². The molecule has 0 amide bonds. The number of aryl methyl sites for hydroxylation is 2. The SMILES string of the molecule is Cc1cc(C)c(C(N)=S)c(OCC2CCCC2)n1. The van der Waals surface area contributed by atoms with Gasteiger partial charge in [-0.25, -0.2) is 4.98 Å². The smallest absolute Gasteiger partial charge is 0.224 e. The van der Waals surface area contributed by atoms with Crippen LogP contribution < -0.4 is 10.5 Å². The summed E-state index contributed by atoms with van der Waals surface area (Å²) in [5, 5.41) is 0. The summed E-state index contributed by atoms with van der Waals surface area (Å²) in [6.07, 6.45) is 5.15. The van der Waals surface area contributed by atoms with Crippen molar-refractivity contribution in [3.63, 3.8) is 0 Å². The van der Waals surface area contributed by atoms with Crippen LogP contribution in [0.2, 0.25) is 0 Å². The van der Waals surface area contributed by atoms with Crippen LogP contribution in [0, 0.1) is 19.8 Å². The molecule has 0 atom stereocenters. The molecule has 0 bridgehead atoms. The summed E-state index contributed by atoms with van der Waals surface area (Å²) in [4.78, 5) is 4.79. The second-order valence-corrected chi connectivity index (χ2v) is 5.53. The molecule has 0 unspecified atom stereocenters. The van der Waals surface area contributed by atoms with E-state index in [1.54, 1.807) is 0 Å². The first-order valence-electron chi connectivity index (χ1n) is 6.48. The van der Waals surface area contributed by atoms with Crippen LogP contribution in [0.4, 0.5) is 0 Å². The number of aromatic nitrogens is 1. The largest absolute Gasteiger partial charge is 0.477 e. The Bertz CT molecular complexity index is 453. The van der Waals surface area contributed by atoms with Crippen LogP contribution in [-0.2, 0) is 0 Å². The van der Waals surface area contributed by atoms with E-state index in [-0.39, 0.29) is 0 Å². The summed E-state index contributed by atoms with van der Waals surface area (Å²) in [5.74, 6) is 1.26. The average Bonchev–Trinajstić information content (AvgIpc) is 2.77. The third-order valence-electron chi connectivity index (χ3n) is 3.49. The first kappa shape index (κ1) is 13.3. The molecule has 1 aromatic heterocycles. The minimum atomic E-state index is 0.362. The Morgan fingerprint density at radius 2 is 2.11 bits per heavy atom. The van der Waals surface area contributed by atoms with Crippen LogP contribution in [0.1, 0.15) is 42.5 Å². The van der Waals surface area contributed by atoms with Gasteiger partial charge in [-0.3, -0.25) is 0 Å². The zero-order valence-electron chi connectivity index (χ0n) is 11.0. The van der Waals surface area contributed by atoms with Gasteiger partial charge in [-0.2, -0.15) is 0 Å². The first-order valence-corrected chi connectivity index (χ1v) is 6.89. The minimum Gasteiger partial charge on any atom is -0.477 e. The van der Waals surface area contributed by atoms with Gasteiger partial charge in [0.15, 0.2) is 0 Å². The zero-order chi connectivity index (χ0) is 13.1. The maximum atomic E-state index is 5.87. The Morgan fingerprint density at radius 3 is 2.72 bits per heavy atom. The Labute approximate surface area is 114 Å². The van der Waals surface area contributed by atoms with E-state index in [9.17, 15) is 0 Å². The maximum Gasteiger partial charge on any atom is 0.224 e. The van der Waals surface area contributed by atoms with Gasteiger partial charge in [-0.05, 0) is 44.2 Å². The van der Waals surface area contributed by atoms with Crippen molar-refractivity contribution in [2.24, 2.45) is 11.7 Å². The third-order valence-corrected chi connectivity index (χ3v) is 3.69. The molecule has 1 aliphatic rings. The fraction of sp³-hybridized carbons (Fsp3) is 0.571. The van der Waals surface area contributed by atoms with Crippen LogP contribution in [-0.4, -0.2) is 16.6 Å². The standard InChI is InChI=1S/C14H20N2OS/c1-9-7-10(2)16-14(12(9)13(15)18)17-8-11-5-3-4-6-11/h7,11H,3-6,8H2,1-2H3,(H2,15,18). The van der Waals surface area contributed by atoms with Crippen LogP contribution in [0.25, 0.3) is 0 Å². The zero-order valence-corrected chi connectivity index (χ0v) is 11.8. The van der Waals surface area contributed by atoms with Gasteiger partial charge in [0.05, 0.1) is 12.2 Å². The lowest BCUT2D eigenvalue weighted by molar-refractivity contribution is 0.242. The Hall–Kier alpha value is -1.16. The molecule has 2 N–H and O–H groups in total. The highest BCUT2D eigenvalue weighted by atomic mass is 32.1. The van der Waals surface area contributed by atoms with Gasteiger partial charge < -0.3 is 10.5 Å². The van der Waals surface area contributed by atoms with Crippen molar-refractivity contribution in [1.82, 2.24) is 4.98 Å². The van der Waals surface area contributed by atoms with Crippen molar-refractivity contribution in [1.29, 1.82) is 0 Å². The van der Waals surface area contributed by atoms with E-state index in [4.69, 9.17) is 22.7 Å². The number of ether oxygens (including phenoxy) is 1. The van der Waals surface area contributed by atoms with Crippen molar-refractivity contribution >= 4 is 17.2 Å². The molecule has 2 rings (SSSR count). The van der Waals surface area contributed by atoms with E-state index in [1.807, 2.05) is 19.9 Å². The van der Waals surface area contributed by atoms with Gasteiger partial charge >= 0.3 is 0 Å². The molecular formula is C14H20N2OS. The number of pyridine rings is 1. The molecule has 1 aromatic rings. The second kappa shape index (κ2) is 5.65. The van der Waals surface area contributed by atoms with Crippen LogP contribution in [0.5, 0.6) is 5.88 Å². The fourth-order valence-corrected chi connectivity index (χ4v) is 2.83. The van der Waals surface area contributed by atoms with Gasteiger partial charge in [-0.1, -0.05) is 25.1 Å². The molecule has 3 nitrogen and oxygen atoms in total. The molecule has 1 aliphatic carbocycles. The highest BCUT2D eigenvalue weighted by Gasteiger charge is 2.18. The quantitative estimate of drug-likeness (QED) is 0.849. The second-order valence-electron chi connectivity index (χ2n) is 5.09. The van der Waals surface area contributed by atoms with E-state index in [0.717, 1.165) is 23.4 Å². The molecule has 18 heavy (non-hydrogen) atoms. The first-order chi connectivity index (χ1) is 8.58. The van der Waals surface area contributed by atoms with E-state index in [1.165, 1.54) is 25.7 Å². The van der Waals surface area contributed by atoms with E-state index in [2.05, 4.69) is 4.98 Å². The molecule has 1 fully saturated rings. The molecule has 1 saturated carbocycles. The van der Waals surface area contributed by atoms with E-state index in [0.29, 0.717) is 16.8 Å². The summed E-state index contributed by atoms with van der Waals surface area (Å²) in [6, 6.07) is 1.98. The monoisotopic (exact) mass is 264 g/mol. The van der Waals surface area contributed by atoms with Gasteiger partial charge in [-0.15, -0.1) is 0 Å². The van der Waals surface area contributed by atoms with Gasteiger partial charge in [0.1, 0.15) is 4.99 Å². The third kappa shape index (κ3) is 2.99. The highest BCUT2D eigenvalue weighted by molar-refractivity contribution is 7.80. The van der Waals surface area contributed by atoms with Crippen LogP contribution in [0.3, 0.4) is 0 Å². The van der Waals surface area contributed by atoms with Crippen molar-refractivity contribution in [3.05, 3.63) is 22.9 Å². The molecule has 0 saturated heterocycles. The number of hydrogen-bond acceptors (Lipinski definition) is 3. The fourth-order valence-electron chi connectivity index (χ4n) is 2.58. The molecule has 98 valence electrons. The Balaban J connectivity index is 2.16. The molecule has 0 spiro atoms. The molecule has 4 heteroatoms. The number of nitrogens with zero attached hydrogens (tertiary/aromatic N) is 1. The lowest BCUT2D eigenvalue weighted by Gasteiger charge is -2.15. The summed E-state index contributed by atoms with van der Waals surface area (Å²) in [6.45, 7) is 4.68. The average molecular weight is 264 g/mol. The van der Waals surface area contributed by atoms with E-state index < -0.39 is 0 Å².